The summed E-state index contributed by atoms with van der Waals surface area (Å²) in [5.41, 5.74) is 4.15. The first-order valence-electron chi connectivity index (χ1n) is 9.20. The van der Waals surface area contributed by atoms with E-state index in [4.69, 9.17) is 4.74 Å². The normalized spacial score (nSPS) is 11.6. The molecule has 0 amide bonds. The Morgan fingerprint density at radius 2 is 1.37 bits per heavy atom. The number of anilines is 2. The molecule has 0 bridgehead atoms. The van der Waals surface area contributed by atoms with E-state index < -0.39 is 6.04 Å². The number of rotatable bonds is 6. The summed E-state index contributed by atoms with van der Waals surface area (Å²) in [6, 6.07) is 15.5. The van der Waals surface area contributed by atoms with E-state index in [9.17, 15) is 4.79 Å². The molecule has 2 aromatic rings. The number of carbonyl (C=O) groups excluding carboxylic acids is 1. The van der Waals surface area contributed by atoms with Gasteiger partial charge in [-0.25, -0.2) is 9.79 Å². The molecule has 1 atom stereocenters. The highest BCUT2D eigenvalue weighted by Gasteiger charge is 2.21. The molecule has 2 N–H and O–H groups in total. The zero-order chi connectivity index (χ0) is 19.8. The van der Waals surface area contributed by atoms with Crippen molar-refractivity contribution in [2.45, 2.75) is 40.2 Å². The molecule has 0 aliphatic carbocycles. The van der Waals surface area contributed by atoms with Crippen LogP contribution in [0.3, 0.4) is 0 Å². The third-order valence-corrected chi connectivity index (χ3v) is 4.08. The molecule has 0 aliphatic heterocycles. The zero-order valence-electron chi connectivity index (χ0n) is 16.7. The van der Waals surface area contributed by atoms with Crippen LogP contribution in [0.15, 0.2) is 53.5 Å². The van der Waals surface area contributed by atoms with Crippen molar-refractivity contribution in [3.05, 3.63) is 59.7 Å². The Kier molecular flexibility index (Phi) is 7.41. The first-order valence-corrected chi connectivity index (χ1v) is 9.20. The molecule has 144 valence electrons. The van der Waals surface area contributed by atoms with Crippen LogP contribution in [0.4, 0.5) is 11.4 Å². The van der Waals surface area contributed by atoms with Gasteiger partial charge in [0.25, 0.3) is 0 Å². The van der Waals surface area contributed by atoms with Gasteiger partial charge < -0.3 is 15.4 Å². The highest BCUT2D eigenvalue weighted by molar-refractivity contribution is 6.04. The van der Waals surface area contributed by atoms with Gasteiger partial charge in [0.15, 0.2) is 6.04 Å². The molecule has 0 aliphatic rings. The van der Waals surface area contributed by atoms with Gasteiger partial charge >= 0.3 is 5.97 Å². The molecule has 0 fully saturated rings. The van der Waals surface area contributed by atoms with E-state index in [-0.39, 0.29) is 5.97 Å². The predicted octanol–water partition coefficient (Wildman–Crippen LogP) is 4.77. The van der Waals surface area contributed by atoms with Gasteiger partial charge in [-0.15, -0.1) is 0 Å². The lowest BCUT2D eigenvalue weighted by molar-refractivity contribution is -0.142. The molecule has 0 aromatic heterocycles. The van der Waals surface area contributed by atoms with E-state index in [1.165, 1.54) is 18.2 Å². The van der Waals surface area contributed by atoms with Gasteiger partial charge in [0.05, 0.1) is 7.11 Å². The second-order valence-electron chi connectivity index (χ2n) is 7.13. The Morgan fingerprint density at radius 3 is 1.74 bits per heavy atom. The van der Waals surface area contributed by atoms with Gasteiger partial charge in [-0.1, -0.05) is 49.2 Å². The Morgan fingerprint density at radius 1 is 0.926 bits per heavy atom. The number of nitrogens with one attached hydrogen (secondary N) is 2. The Bertz CT molecular complexity index is 716. The third kappa shape index (κ3) is 6.77. The second-order valence-corrected chi connectivity index (χ2v) is 7.13. The molecule has 0 saturated heterocycles. The number of guanidine groups is 1. The van der Waals surface area contributed by atoms with Gasteiger partial charge in [0.1, 0.15) is 0 Å². The van der Waals surface area contributed by atoms with E-state index in [1.807, 2.05) is 62.4 Å². The number of methoxy groups -OCH3 is 1. The number of aliphatic imine (C=N–C) groups is 1. The summed E-state index contributed by atoms with van der Waals surface area (Å²) in [6.45, 7) is 8.20. The standard InChI is InChI=1S/C22H29N3O2/c1-15(2)14-20(21(26)27-5)25-22(23-18-10-6-16(3)7-11-18)24-19-12-8-17(4)9-13-19/h6-13,15,20H,14H2,1-5H3,(H2,23,24,25). The fourth-order valence-corrected chi connectivity index (χ4v) is 2.58. The number of aryl methyl sites for hydroxylation is 2. The predicted molar refractivity (Wildman–Crippen MR) is 112 cm³/mol. The minimum atomic E-state index is -0.569. The van der Waals surface area contributed by atoms with Crippen LogP contribution in [0, 0.1) is 19.8 Å². The molecule has 2 aromatic carbocycles. The maximum Gasteiger partial charge on any atom is 0.330 e. The Balaban J connectivity index is 2.31. The maximum atomic E-state index is 12.2. The molecule has 5 nitrogen and oxygen atoms in total. The maximum absolute atomic E-state index is 12.2. The van der Waals surface area contributed by atoms with Crippen molar-refractivity contribution < 1.29 is 9.53 Å². The zero-order valence-corrected chi connectivity index (χ0v) is 16.7. The van der Waals surface area contributed by atoms with Crippen molar-refractivity contribution in [1.29, 1.82) is 0 Å². The van der Waals surface area contributed by atoms with Crippen LogP contribution >= 0.6 is 0 Å². The third-order valence-electron chi connectivity index (χ3n) is 4.08. The number of ether oxygens (including phenoxy) is 1. The quantitative estimate of drug-likeness (QED) is 0.438. The number of nitrogens with zero attached hydrogens (tertiary/aromatic N) is 1. The van der Waals surface area contributed by atoms with E-state index in [0.29, 0.717) is 18.3 Å². The summed E-state index contributed by atoms with van der Waals surface area (Å²) < 4.78 is 4.94. The van der Waals surface area contributed by atoms with Crippen LogP contribution in [-0.4, -0.2) is 25.1 Å². The van der Waals surface area contributed by atoms with E-state index >= 15 is 0 Å². The molecule has 5 heteroatoms. The van der Waals surface area contributed by atoms with E-state index in [1.54, 1.807) is 0 Å². The largest absolute Gasteiger partial charge is 0.467 e. The van der Waals surface area contributed by atoms with E-state index in [0.717, 1.165) is 11.4 Å². The van der Waals surface area contributed by atoms with Crippen LogP contribution in [0.25, 0.3) is 0 Å². The van der Waals surface area contributed by atoms with Gasteiger partial charge in [-0.05, 0) is 50.5 Å². The molecule has 1 unspecified atom stereocenters. The summed E-state index contributed by atoms with van der Waals surface area (Å²) in [5.74, 6) is 0.495. The van der Waals surface area contributed by atoms with E-state index in [2.05, 4.69) is 29.5 Å². The summed E-state index contributed by atoms with van der Waals surface area (Å²) in [6.07, 6.45) is 0.612. The van der Waals surface area contributed by atoms with Gasteiger partial charge in [-0.3, -0.25) is 0 Å². The van der Waals surface area contributed by atoms with Gasteiger partial charge in [0, 0.05) is 11.4 Å². The molecular weight excluding hydrogens is 338 g/mol. The van der Waals surface area contributed by atoms with Crippen molar-refractivity contribution >= 4 is 23.3 Å². The van der Waals surface area contributed by atoms with Crippen LogP contribution in [0.2, 0.25) is 0 Å². The summed E-state index contributed by atoms with van der Waals surface area (Å²) in [7, 11) is 1.39. The minimum absolute atomic E-state index is 0.317. The molecule has 0 heterocycles. The van der Waals surface area contributed by atoms with Gasteiger partial charge in [-0.2, -0.15) is 0 Å². The monoisotopic (exact) mass is 367 g/mol. The first kappa shape index (κ1) is 20.5. The Hall–Kier alpha value is -2.82. The van der Waals surface area contributed by atoms with Crippen LogP contribution < -0.4 is 10.6 Å². The Labute approximate surface area is 161 Å². The topological polar surface area (TPSA) is 62.7 Å². The van der Waals surface area contributed by atoms with Crippen molar-refractivity contribution in [2.24, 2.45) is 10.9 Å². The average Bonchev–Trinajstić information content (AvgIpc) is 2.63. The van der Waals surface area contributed by atoms with Crippen LogP contribution in [0.1, 0.15) is 31.4 Å². The van der Waals surface area contributed by atoms with Crippen molar-refractivity contribution in [2.75, 3.05) is 17.7 Å². The smallest absolute Gasteiger partial charge is 0.330 e. The molecule has 2 rings (SSSR count). The van der Waals surface area contributed by atoms with Crippen LogP contribution in [0.5, 0.6) is 0 Å². The fourth-order valence-electron chi connectivity index (χ4n) is 2.58. The summed E-state index contributed by atoms with van der Waals surface area (Å²) in [4.78, 5) is 16.8. The summed E-state index contributed by atoms with van der Waals surface area (Å²) >= 11 is 0. The highest BCUT2D eigenvalue weighted by atomic mass is 16.5. The van der Waals surface area contributed by atoms with Crippen molar-refractivity contribution in [1.82, 2.24) is 0 Å². The van der Waals surface area contributed by atoms with Crippen molar-refractivity contribution in [3.63, 3.8) is 0 Å². The lowest BCUT2D eigenvalue weighted by atomic mass is 10.0. The van der Waals surface area contributed by atoms with Crippen molar-refractivity contribution in [3.8, 4) is 0 Å². The molecular formula is C22H29N3O2. The lowest BCUT2D eigenvalue weighted by Gasteiger charge is -2.18. The molecule has 0 radical (unpaired) electrons. The number of hydrogen-bond donors (Lipinski definition) is 2. The first-order chi connectivity index (χ1) is 12.9. The van der Waals surface area contributed by atoms with Gasteiger partial charge in [0.2, 0.25) is 5.96 Å². The second kappa shape index (κ2) is 9.76. The SMILES string of the molecule is COC(=O)C(CC(C)C)N=C(Nc1ccc(C)cc1)Nc1ccc(C)cc1. The fraction of sp³-hybridized carbons (Fsp3) is 0.364. The highest BCUT2D eigenvalue weighted by Crippen LogP contribution is 2.15. The average molecular weight is 367 g/mol. The lowest BCUT2D eigenvalue weighted by Crippen LogP contribution is -2.29. The van der Waals surface area contributed by atoms with Crippen LogP contribution in [-0.2, 0) is 9.53 Å². The summed E-state index contributed by atoms with van der Waals surface area (Å²) in [5, 5.41) is 6.57. The number of benzene rings is 2. The minimum Gasteiger partial charge on any atom is -0.467 e. The molecule has 0 saturated carbocycles. The number of carbonyl (C=O) groups is 1. The number of esters is 1. The molecule has 0 spiro atoms. The number of hydrogen-bond acceptors (Lipinski definition) is 3. The molecule has 27 heavy (non-hydrogen) atoms.